The number of aromatic nitrogens is 3. The van der Waals surface area contributed by atoms with E-state index in [1.165, 1.54) is 25.0 Å². The number of ether oxygens (including phenoxy) is 1. The molecule has 1 N–H and O–H groups in total. The average molecular weight is 420 g/mol. The monoisotopic (exact) mass is 419 g/mol. The number of likely N-dealkylation sites (tertiary alicyclic amines) is 1. The van der Waals surface area contributed by atoms with Crippen LogP contribution in [0, 0.1) is 0 Å². The zero-order valence-corrected chi connectivity index (χ0v) is 18.0. The Kier molecular flexibility index (Phi) is 5.70. The minimum absolute atomic E-state index is 0.114. The number of piperidine rings is 1. The van der Waals surface area contributed by atoms with Gasteiger partial charge in [-0.15, -0.1) is 0 Å². The number of fused-ring (bicyclic) bond motifs is 1. The molecule has 1 atom stereocenters. The van der Waals surface area contributed by atoms with Crippen LogP contribution in [0.1, 0.15) is 37.8 Å². The summed E-state index contributed by atoms with van der Waals surface area (Å²) in [4.78, 5) is 19.3. The molecule has 2 aromatic heterocycles. The molecule has 1 aromatic carbocycles. The van der Waals surface area contributed by atoms with Gasteiger partial charge in [0.2, 0.25) is 0 Å². The van der Waals surface area contributed by atoms with Crippen molar-refractivity contribution in [1.82, 2.24) is 19.7 Å². The van der Waals surface area contributed by atoms with Crippen LogP contribution in [-0.2, 0) is 23.1 Å². The van der Waals surface area contributed by atoms with Crippen molar-refractivity contribution in [1.29, 1.82) is 0 Å². The molecule has 5 rings (SSSR count). The second kappa shape index (κ2) is 8.77. The molecule has 4 heterocycles. The third-order valence-corrected chi connectivity index (χ3v) is 6.39. The van der Waals surface area contributed by atoms with Crippen molar-refractivity contribution in [2.24, 2.45) is 7.05 Å². The van der Waals surface area contributed by atoms with Crippen molar-refractivity contribution < 1.29 is 9.53 Å². The molecular formula is C24H29N5O2. The smallest absolute Gasteiger partial charge is 0.254 e. The first-order valence-corrected chi connectivity index (χ1v) is 11.2. The van der Waals surface area contributed by atoms with Gasteiger partial charge in [-0.25, -0.2) is 4.98 Å². The fourth-order valence-corrected chi connectivity index (χ4v) is 4.59. The molecule has 0 radical (unpaired) electrons. The molecule has 162 valence electrons. The highest BCUT2D eigenvalue weighted by Gasteiger charge is 2.24. The maximum atomic E-state index is 12.4. The van der Waals surface area contributed by atoms with Crippen LogP contribution in [0.4, 0.5) is 5.82 Å². The van der Waals surface area contributed by atoms with Crippen molar-refractivity contribution >= 4 is 22.5 Å². The molecule has 7 nitrogen and oxygen atoms in total. The number of carbonyl (C=O) groups excluding carboxylic acids is 1. The number of hydrogen-bond acceptors (Lipinski definition) is 5. The number of pyridine rings is 1. The quantitative estimate of drug-likeness (QED) is 0.682. The topological polar surface area (TPSA) is 72.3 Å². The Bertz CT molecular complexity index is 1080. The van der Waals surface area contributed by atoms with Crippen LogP contribution in [0.25, 0.3) is 21.9 Å². The predicted octanol–water partition coefficient (Wildman–Crippen LogP) is 3.74. The summed E-state index contributed by atoms with van der Waals surface area (Å²) < 4.78 is 7.47. The molecule has 0 aliphatic carbocycles. The van der Waals surface area contributed by atoms with E-state index in [1.807, 2.05) is 30.2 Å². The van der Waals surface area contributed by atoms with E-state index in [-0.39, 0.29) is 12.0 Å². The first-order chi connectivity index (χ1) is 15.2. The summed E-state index contributed by atoms with van der Waals surface area (Å²) in [5, 5.41) is 9.54. The zero-order chi connectivity index (χ0) is 21.2. The van der Waals surface area contributed by atoms with Crippen LogP contribution in [0.3, 0.4) is 0 Å². The molecule has 1 unspecified atom stereocenters. The molecule has 7 heteroatoms. The highest BCUT2D eigenvalue weighted by Crippen LogP contribution is 2.29. The third-order valence-electron chi connectivity index (χ3n) is 6.39. The van der Waals surface area contributed by atoms with E-state index in [0.29, 0.717) is 12.4 Å². The molecular weight excluding hydrogens is 390 g/mol. The number of anilines is 1. The van der Waals surface area contributed by atoms with Crippen molar-refractivity contribution in [3.05, 3.63) is 42.4 Å². The summed E-state index contributed by atoms with van der Waals surface area (Å²) in [6, 6.07) is 8.31. The van der Waals surface area contributed by atoms with Gasteiger partial charge in [-0.1, -0.05) is 18.6 Å². The van der Waals surface area contributed by atoms with Gasteiger partial charge in [0, 0.05) is 37.3 Å². The van der Waals surface area contributed by atoms with Crippen LogP contribution >= 0.6 is 0 Å². The van der Waals surface area contributed by atoms with Crippen molar-refractivity contribution in [2.45, 2.75) is 44.8 Å². The van der Waals surface area contributed by atoms with Gasteiger partial charge in [0.05, 0.1) is 11.9 Å². The van der Waals surface area contributed by atoms with E-state index in [0.717, 1.165) is 54.4 Å². The maximum absolute atomic E-state index is 12.4. The second-order valence-electron chi connectivity index (χ2n) is 8.59. The van der Waals surface area contributed by atoms with Crippen LogP contribution in [0.2, 0.25) is 0 Å². The Labute approximate surface area is 182 Å². The van der Waals surface area contributed by atoms with Crippen molar-refractivity contribution in [3.63, 3.8) is 0 Å². The number of nitrogens with zero attached hydrogens (tertiary/aromatic N) is 4. The second-order valence-corrected chi connectivity index (χ2v) is 8.59. The van der Waals surface area contributed by atoms with E-state index >= 15 is 0 Å². The normalized spacial score (nSPS) is 19.7. The Hall–Kier alpha value is -2.77. The lowest BCUT2D eigenvalue weighted by molar-refractivity contribution is -0.124. The van der Waals surface area contributed by atoms with E-state index in [2.05, 4.69) is 38.5 Å². The van der Waals surface area contributed by atoms with E-state index in [1.54, 1.807) is 0 Å². The third kappa shape index (κ3) is 4.34. The van der Waals surface area contributed by atoms with E-state index in [4.69, 9.17) is 4.74 Å². The fraction of sp³-hybridized carbons (Fsp3) is 0.458. The van der Waals surface area contributed by atoms with Crippen LogP contribution < -0.4 is 5.32 Å². The predicted molar refractivity (Wildman–Crippen MR) is 121 cm³/mol. The van der Waals surface area contributed by atoms with E-state index < -0.39 is 0 Å². The maximum Gasteiger partial charge on any atom is 0.254 e. The molecule has 31 heavy (non-hydrogen) atoms. The highest BCUT2D eigenvalue weighted by molar-refractivity contribution is 5.96. The molecule has 2 aliphatic heterocycles. The fourth-order valence-electron chi connectivity index (χ4n) is 4.59. The van der Waals surface area contributed by atoms with Gasteiger partial charge in [0.15, 0.2) is 0 Å². The van der Waals surface area contributed by atoms with Gasteiger partial charge < -0.3 is 10.1 Å². The molecule has 2 saturated heterocycles. The summed E-state index contributed by atoms with van der Waals surface area (Å²) in [6.07, 6.45) is 8.98. The lowest BCUT2D eigenvalue weighted by Gasteiger charge is -2.26. The summed E-state index contributed by atoms with van der Waals surface area (Å²) >= 11 is 0. The molecule has 1 amide bonds. The minimum atomic E-state index is -0.364. The van der Waals surface area contributed by atoms with Crippen molar-refractivity contribution in [2.75, 3.05) is 25.0 Å². The first-order valence-electron chi connectivity index (χ1n) is 11.2. The molecule has 0 bridgehead atoms. The lowest BCUT2D eigenvalue weighted by atomic mass is 10.0. The Morgan fingerprint density at radius 2 is 2.00 bits per heavy atom. The summed E-state index contributed by atoms with van der Waals surface area (Å²) in [6.45, 7) is 3.88. The Balaban J connectivity index is 1.41. The van der Waals surface area contributed by atoms with Gasteiger partial charge in [-0.3, -0.25) is 14.4 Å². The highest BCUT2D eigenvalue weighted by atomic mass is 16.5. The van der Waals surface area contributed by atoms with Gasteiger partial charge in [-0.2, -0.15) is 5.10 Å². The SMILES string of the molecule is Cn1ncc(-c2ccc3cnc(NC(=O)C4CCCO4)cc3c2)c1CN1CCCCC1. The Morgan fingerprint density at radius 3 is 2.81 bits per heavy atom. The number of amides is 1. The molecule has 2 aliphatic rings. The molecule has 0 saturated carbocycles. The van der Waals surface area contributed by atoms with E-state index in [9.17, 15) is 4.79 Å². The standard InChI is InChI=1S/C24H29N5O2/c1-28-21(16-29-9-3-2-4-10-29)20(15-26-28)17-7-8-18-14-25-23(13-19(18)12-17)27-24(30)22-6-5-11-31-22/h7-8,12-15,22H,2-6,9-11,16H2,1H3,(H,25,27,30). The summed E-state index contributed by atoms with van der Waals surface area (Å²) in [7, 11) is 2.02. The summed E-state index contributed by atoms with van der Waals surface area (Å²) in [5.41, 5.74) is 3.54. The van der Waals surface area contributed by atoms with Crippen LogP contribution in [0.5, 0.6) is 0 Å². The number of rotatable bonds is 5. The summed E-state index contributed by atoms with van der Waals surface area (Å²) in [5.74, 6) is 0.446. The zero-order valence-electron chi connectivity index (χ0n) is 18.0. The number of hydrogen-bond donors (Lipinski definition) is 1. The molecule has 0 spiro atoms. The first kappa shape index (κ1) is 20.2. The number of carbonyl (C=O) groups is 1. The number of benzene rings is 1. The van der Waals surface area contributed by atoms with Crippen molar-refractivity contribution in [3.8, 4) is 11.1 Å². The van der Waals surface area contributed by atoms with Gasteiger partial charge in [0.25, 0.3) is 5.91 Å². The molecule has 2 fully saturated rings. The minimum Gasteiger partial charge on any atom is -0.368 e. The number of aryl methyl sites for hydroxylation is 1. The number of nitrogens with one attached hydrogen (secondary N) is 1. The largest absolute Gasteiger partial charge is 0.368 e. The lowest BCUT2D eigenvalue weighted by Crippen LogP contribution is -2.30. The Morgan fingerprint density at radius 1 is 1.13 bits per heavy atom. The molecule has 3 aromatic rings. The van der Waals surface area contributed by atoms with Gasteiger partial charge >= 0.3 is 0 Å². The van der Waals surface area contributed by atoms with Crippen LogP contribution in [0.15, 0.2) is 36.7 Å². The van der Waals surface area contributed by atoms with Gasteiger partial charge in [0.1, 0.15) is 11.9 Å². The average Bonchev–Trinajstić information content (AvgIpc) is 3.45. The van der Waals surface area contributed by atoms with Gasteiger partial charge in [-0.05, 0) is 61.9 Å². The van der Waals surface area contributed by atoms with Crippen LogP contribution in [-0.4, -0.2) is 51.4 Å².